The fraction of sp³-hybridized carbons (Fsp3) is 1.00. The highest BCUT2D eigenvalue weighted by atomic mass is 32.1. The topological polar surface area (TPSA) is 12.5 Å². The molecule has 3 heteroatoms. The highest BCUT2D eigenvalue weighted by Gasteiger charge is 2.10. The monoisotopic (exact) mass is 219 g/mol. The van der Waals surface area contributed by atoms with Crippen LogP contribution in [0, 0.1) is 5.92 Å². The first-order valence-corrected chi connectivity index (χ1v) is 6.10. The van der Waals surface area contributed by atoms with Gasteiger partial charge in [-0.3, -0.25) is 0 Å². The smallest absolute Gasteiger partial charge is 0.0593 e. The van der Waals surface area contributed by atoms with Crippen LogP contribution in [0.15, 0.2) is 0 Å². The van der Waals surface area contributed by atoms with Crippen molar-refractivity contribution in [1.82, 2.24) is 4.90 Å². The van der Waals surface area contributed by atoms with Crippen LogP contribution in [-0.4, -0.2) is 43.5 Å². The Morgan fingerprint density at radius 3 is 2.36 bits per heavy atom. The summed E-state index contributed by atoms with van der Waals surface area (Å²) in [5, 5.41) is 0. The SMILES string of the molecule is CC(C)CC(C)N(C)CCOCCS. The van der Waals surface area contributed by atoms with Crippen LogP contribution in [0.5, 0.6) is 0 Å². The van der Waals surface area contributed by atoms with E-state index >= 15 is 0 Å². The van der Waals surface area contributed by atoms with Gasteiger partial charge in [-0.1, -0.05) is 13.8 Å². The van der Waals surface area contributed by atoms with E-state index in [0.717, 1.165) is 31.4 Å². The van der Waals surface area contributed by atoms with Crippen molar-refractivity contribution in [3.05, 3.63) is 0 Å². The van der Waals surface area contributed by atoms with Gasteiger partial charge in [0.15, 0.2) is 0 Å². The Bertz CT molecular complexity index is 130. The molecule has 0 saturated carbocycles. The third kappa shape index (κ3) is 7.65. The molecule has 1 atom stereocenters. The summed E-state index contributed by atoms with van der Waals surface area (Å²) in [7, 11) is 2.16. The Morgan fingerprint density at radius 2 is 1.86 bits per heavy atom. The quantitative estimate of drug-likeness (QED) is 0.497. The van der Waals surface area contributed by atoms with E-state index in [-0.39, 0.29) is 0 Å². The Morgan fingerprint density at radius 1 is 1.21 bits per heavy atom. The van der Waals surface area contributed by atoms with Gasteiger partial charge in [0.25, 0.3) is 0 Å². The van der Waals surface area contributed by atoms with Crippen LogP contribution in [-0.2, 0) is 4.74 Å². The minimum atomic E-state index is 0.648. The molecule has 0 spiro atoms. The summed E-state index contributed by atoms with van der Waals surface area (Å²) >= 11 is 4.09. The Balaban J connectivity index is 3.46. The summed E-state index contributed by atoms with van der Waals surface area (Å²) in [6.45, 7) is 9.40. The van der Waals surface area contributed by atoms with Crippen molar-refractivity contribution >= 4 is 12.6 Å². The maximum absolute atomic E-state index is 5.39. The van der Waals surface area contributed by atoms with E-state index in [1.807, 2.05) is 0 Å². The first-order valence-electron chi connectivity index (χ1n) is 5.46. The van der Waals surface area contributed by atoms with Gasteiger partial charge in [0.1, 0.15) is 0 Å². The lowest BCUT2D eigenvalue weighted by molar-refractivity contribution is 0.107. The zero-order chi connectivity index (χ0) is 11.0. The molecule has 0 saturated heterocycles. The van der Waals surface area contributed by atoms with E-state index in [4.69, 9.17) is 4.74 Å². The average Bonchev–Trinajstić information content (AvgIpc) is 2.11. The number of hydrogen-bond acceptors (Lipinski definition) is 3. The lowest BCUT2D eigenvalue weighted by Gasteiger charge is -2.25. The molecule has 86 valence electrons. The van der Waals surface area contributed by atoms with Gasteiger partial charge >= 0.3 is 0 Å². The van der Waals surface area contributed by atoms with Crippen LogP contribution in [0.3, 0.4) is 0 Å². The summed E-state index contributed by atoms with van der Waals surface area (Å²) in [4.78, 5) is 2.36. The molecule has 0 aromatic heterocycles. The van der Waals surface area contributed by atoms with Gasteiger partial charge in [0, 0.05) is 18.3 Å². The molecule has 0 rings (SSSR count). The van der Waals surface area contributed by atoms with Crippen LogP contribution < -0.4 is 0 Å². The van der Waals surface area contributed by atoms with Crippen molar-refractivity contribution in [3.63, 3.8) is 0 Å². The lowest BCUT2D eigenvalue weighted by Crippen LogP contribution is -2.33. The minimum Gasteiger partial charge on any atom is -0.379 e. The molecular formula is C11H25NOS. The first-order chi connectivity index (χ1) is 6.57. The number of thiol groups is 1. The second kappa shape index (κ2) is 8.57. The van der Waals surface area contributed by atoms with Gasteiger partial charge in [-0.2, -0.15) is 12.6 Å². The van der Waals surface area contributed by atoms with Crippen LogP contribution in [0.4, 0.5) is 0 Å². The molecule has 0 aromatic rings. The van der Waals surface area contributed by atoms with Gasteiger partial charge < -0.3 is 9.64 Å². The molecule has 0 aliphatic heterocycles. The van der Waals surface area contributed by atoms with Gasteiger partial charge in [-0.05, 0) is 26.3 Å². The standard InChI is InChI=1S/C11H25NOS/c1-10(2)9-11(3)12(4)5-6-13-7-8-14/h10-11,14H,5-9H2,1-4H3. The molecule has 2 nitrogen and oxygen atoms in total. The van der Waals surface area contributed by atoms with E-state index in [1.165, 1.54) is 6.42 Å². The zero-order valence-corrected chi connectivity index (χ0v) is 10.9. The molecule has 0 fully saturated rings. The van der Waals surface area contributed by atoms with Crippen molar-refractivity contribution in [3.8, 4) is 0 Å². The van der Waals surface area contributed by atoms with E-state index in [9.17, 15) is 0 Å². The van der Waals surface area contributed by atoms with E-state index in [0.29, 0.717) is 6.04 Å². The van der Waals surface area contributed by atoms with E-state index in [1.54, 1.807) is 0 Å². The average molecular weight is 219 g/mol. The van der Waals surface area contributed by atoms with Crippen LogP contribution in [0.25, 0.3) is 0 Å². The normalized spacial score (nSPS) is 13.9. The molecule has 0 heterocycles. The highest BCUT2D eigenvalue weighted by Crippen LogP contribution is 2.08. The summed E-state index contributed by atoms with van der Waals surface area (Å²) in [5.74, 6) is 1.58. The van der Waals surface area contributed by atoms with Crippen LogP contribution >= 0.6 is 12.6 Å². The summed E-state index contributed by atoms with van der Waals surface area (Å²) in [6, 6.07) is 0.648. The molecule has 0 radical (unpaired) electrons. The molecule has 0 aliphatic carbocycles. The van der Waals surface area contributed by atoms with E-state index in [2.05, 4.69) is 45.3 Å². The zero-order valence-electron chi connectivity index (χ0n) is 9.99. The van der Waals surface area contributed by atoms with Crippen LogP contribution in [0.1, 0.15) is 27.2 Å². The number of ether oxygens (including phenoxy) is 1. The fourth-order valence-electron chi connectivity index (χ4n) is 1.46. The predicted octanol–water partition coefficient (Wildman–Crippen LogP) is 2.30. The maximum atomic E-state index is 5.39. The van der Waals surface area contributed by atoms with Crippen molar-refractivity contribution < 1.29 is 4.74 Å². The molecule has 0 aliphatic rings. The molecule has 0 aromatic carbocycles. The largest absolute Gasteiger partial charge is 0.379 e. The third-order valence-corrected chi connectivity index (χ3v) is 2.57. The maximum Gasteiger partial charge on any atom is 0.0593 e. The molecular weight excluding hydrogens is 194 g/mol. The van der Waals surface area contributed by atoms with Crippen LogP contribution in [0.2, 0.25) is 0 Å². The number of likely N-dealkylation sites (N-methyl/N-ethyl adjacent to an activating group) is 1. The summed E-state index contributed by atoms with van der Waals surface area (Å²) in [5.41, 5.74) is 0. The second-order valence-electron chi connectivity index (χ2n) is 4.30. The van der Waals surface area contributed by atoms with Crippen molar-refractivity contribution in [2.45, 2.75) is 33.2 Å². The van der Waals surface area contributed by atoms with Gasteiger partial charge in [0.2, 0.25) is 0 Å². The van der Waals surface area contributed by atoms with Crippen molar-refractivity contribution in [2.75, 3.05) is 32.6 Å². The second-order valence-corrected chi connectivity index (χ2v) is 4.74. The molecule has 0 N–H and O–H groups in total. The third-order valence-electron chi connectivity index (χ3n) is 2.39. The molecule has 14 heavy (non-hydrogen) atoms. The fourth-order valence-corrected chi connectivity index (χ4v) is 1.59. The Hall–Kier alpha value is 0.270. The van der Waals surface area contributed by atoms with Gasteiger partial charge in [-0.25, -0.2) is 0 Å². The summed E-state index contributed by atoms with van der Waals surface area (Å²) < 4.78 is 5.39. The molecule has 0 bridgehead atoms. The molecule has 0 amide bonds. The van der Waals surface area contributed by atoms with Gasteiger partial charge in [0.05, 0.1) is 13.2 Å². The van der Waals surface area contributed by atoms with Crippen molar-refractivity contribution in [2.24, 2.45) is 5.92 Å². The van der Waals surface area contributed by atoms with Gasteiger partial charge in [-0.15, -0.1) is 0 Å². The number of rotatable bonds is 8. The Kier molecular flexibility index (Phi) is 8.73. The first kappa shape index (κ1) is 14.3. The lowest BCUT2D eigenvalue weighted by atomic mass is 10.0. The number of hydrogen-bond donors (Lipinski definition) is 1. The molecule has 1 unspecified atom stereocenters. The predicted molar refractivity (Wildman–Crippen MR) is 66.2 cm³/mol. The Labute approximate surface area is 94.4 Å². The summed E-state index contributed by atoms with van der Waals surface area (Å²) in [6.07, 6.45) is 1.25. The van der Waals surface area contributed by atoms with Crippen molar-refractivity contribution in [1.29, 1.82) is 0 Å². The highest BCUT2D eigenvalue weighted by molar-refractivity contribution is 7.80. The van der Waals surface area contributed by atoms with E-state index < -0.39 is 0 Å². The minimum absolute atomic E-state index is 0.648. The number of nitrogens with zero attached hydrogens (tertiary/aromatic N) is 1.